The number of pyridine rings is 1. The lowest BCUT2D eigenvalue weighted by Crippen LogP contribution is -2.13. The molecule has 1 aromatic carbocycles. The summed E-state index contributed by atoms with van der Waals surface area (Å²) in [5.74, 6) is 2.70. The number of hydrogen-bond donors (Lipinski definition) is 1. The van der Waals surface area contributed by atoms with Crippen LogP contribution in [0.1, 0.15) is 11.6 Å². The van der Waals surface area contributed by atoms with E-state index in [1.807, 2.05) is 31.3 Å². The van der Waals surface area contributed by atoms with Crippen molar-refractivity contribution < 1.29 is 0 Å². The summed E-state index contributed by atoms with van der Waals surface area (Å²) in [6.07, 6.45) is 7.22. The van der Waals surface area contributed by atoms with Gasteiger partial charge in [0.05, 0.1) is 11.6 Å². The molecule has 2 nitrogen and oxygen atoms in total. The second kappa shape index (κ2) is 4.12. The summed E-state index contributed by atoms with van der Waals surface area (Å²) in [4.78, 5) is 4.26. The zero-order valence-corrected chi connectivity index (χ0v) is 8.57. The van der Waals surface area contributed by atoms with E-state index in [9.17, 15) is 0 Å². The molecule has 0 saturated carbocycles. The predicted octanol–water partition coefficient (Wildman–Crippen LogP) is 2.13. The summed E-state index contributed by atoms with van der Waals surface area (Å²) in [5.41, 5.74) is 2.09. The van der Waals surface area contributed by atoms with Gasteiger partial charge in [-0.2, -0.15) is 0 Å². The van der Waals surface area contributed by atoms with Crippen LogP contribution in [-0.2, 0) is 0 Å². The molecular formula is C13H12N2. The Morgan fingerprint density at radius 2 is 2.27 bits per heavy atom. The van der Waals surface area contributed by atoms with Crippen LogP contribution < -0.4 is 5.32 Å². The van der Waals surface area contributed by atoms with E-state index in [0.717, 1.165) is 16.5 Å². The Morgan fingerprint density at radius 1 is 1.40 bits per heavy atom. The van der Waals surface area contributed by atoms with Gasteiger partial charge in [0.1, 0.15) is 0 Å². The summed E-state index contributed by atoms with van der Waals surface area (Å²) in [5, 5.41) is 4.19. The van der Waals surface area contributed by atoms with Crippen LogP contribution >= 0.6 is 0 Å². The Morgan fingerprint density at radius 3 is 3.00 bits per heavy atom. The van der Waals surface area contributed by atoms with Crippen molar-refractivity contribution in [1.82, 2.24) is 10.3 Å². The van der Waals surface area contributed by atoms with E-state index in [0.29, 0.717) is 0 Å². The van der Waals surface area contributed by atoms with Crippen LogP contribution in [0.5, 0.6) is 0 Å². The first-order valence-corrected chi connectivity index (χ1v) is 4.83. The number of terminal acetylenes is 1. The Balaban J connectivity index is 2.52. The smallest absolute Gasteiger partial charge is 0.0941 e. The van der Waals surface area contributed by atoms with Gasteiger partial charge in [-0.3, -0.25) is 4.98 Å². The van der Waals surface area contributed by atoms with E-state index in [1.165, 1.54) is 0 Å². The first kappa shape index (κ1) is 9.70. The van der Waals surface area contributed by atoms with Crippen molar-refractivity contribution in [3.05, 3.63) is 42.1 Å². The highest BCUT2D eigenvalue weighted by molar-refractivity contribution is 5.79. The van der Waals surface area contributed by atoms with Crippen LogP contribution in [0.25, 0.3) is 10.9 Å². The fraction of sp³-hybridized carbons (Fsp3) is 0.154. The molecule has 0 amide bonds. The molecule has 1 N–H and O–H groups in total. The zero-order valence-electron chi connectivity index (χ0n) is 8.57. The summed E-state index contributed by atoms with van der Waals surface area (Å²) in [6.45, 7) is 0. The second-order valence-corrected chi connectivity index (χ2v) is 3.34. The van der Waals surface area contributed by atoms with Gasteiger partial charge in [0.25, 0.3) is 0 Å². The maximum atomic E-state index is 5.43. The van der Waals surface area contributed by atoms with E-state index in [1.54, 1.807) is 6.20 Å². The minimum absolute atomic E-state index is 0.0328. The van der Waals surface area contributed by atoms with Gasteiger partial charge in [0.15, 0.2) is 0 Å². The summed E-state index contributed by atoms with van der Waals surface area (Å²) in [7, 11) is 1.86. The van der Waals surface area contributed by atoms with Gasteiger partial charge in [-0.25, -0.2) is 0 Å². The number of fused-ring (bicyclic) bond motifs is 1. The Bertz CT molecular complexity index is 511. The molecule has 15 heavy (non-hydrogen) atoms. The average molecular weight is 196 g/mol. The van der Waals surface area contributed by atoms with Crippen LogP contribution in [0.2, 0.25) is 0 Å². The second-order valence-electron chi connectivity index (χ2n) is 3.34. The molecule has 1 unspecified atom stereocenters. The van der Waals surface area contributed by atoms with Crippen molar-refractivity contribution in [2.24, 2.45) is 0 Å². The number of nitrogens with one attached hydrogen (secondary N) is 1. The van der Waals surface area contributed by atoms with Gasteiger partial charge < -0.3 is 5.32 Å². The highest BCUT2D eigenvalue weighted by atomic mass is 14.9. The molecule has 1 atom stereocenters. The fourth-order valence-corrected chi connectivity index (χ4v) is 1.62. The van der Waals surface area contributed by atoms with Gasteiger partial charge >= 0.3 is 0 Å². The molecule has 2 heteroatoms. The molecule has 0 saturated heterocycles. The maximum absolute atomic E-state index is 5.43. The van der Waals surface area contributed by atoms with Crippen molar-refractivity contribution in [3.63, 3.8) is 0 Å². The van der Waals surface area contributed by atoms with Gasteiger partial charge in [0.2, 0.25) is 0 Å². The van der Waals surface area contributed by atoms with Crippen LogP contribution in [0, 0.1) is 12.3 Å². The molecule has 0 aliphatic rings. The lowest BCUT2D eigenvalue weighted by molar-refractivity contribution is 0.737. The van der Waals surface area contributed by atoms with Crippen LogP contribution in [0.4, 0.5) is 0 Å². The van der Waals surface area contributed by atoms with Crippen molar-refractivity contribution >= 4 is 10.9 Å². The minimum Gasteiger partial charge on any atom is -0.303 e. The van der Waals surface area contributed by atoms with Crippen LogP contribution in [0.3, 0.4) is 0 Å². The monoisotopic (exact) mass is 196 g/mol. The molecule has 0 spiro atoms. The Hall–Kier alpha value is -1.85. The number of benzene rings is 1. The number of hydrogen-bond acceptors (Lipinski definition) is 2. The molecule has 2 aromatic rings. The molecular weight excluding hydrogens is 184 g/mol. The SMILES string of the molecule is C#CC(NC)c1ccc2ncccc2c1. The largest absolute Gasteiger partial charge is 0.303 e. The van der Waals surface area contributed by atoms with Gasteiger partial charge in [0, 0.05) is 11.6 Å². The highest BCUT2D eigenvalue weighted by Gasteiger charge is 2.05. The summed E-state index contributed by atoms with van der Waals surface area (Å²) < 4.78 is 0. The van der Waals surface area contributed by atoms with E-state index in [-0.39, 0.29) is 6.04 Å². The van der Waals surface area contributed by atoms with E-state index in [2.05, 4.69) is 22.3 Å². The molecule has 74 valence electrons. The minimum atomic E-state index is -0.0328. The predicted molar refractivity (Wildman–Crippen MR) is 62.4 cm³/mol. The molecule has 0 bridgehead atoms. The zero-order chi connectivity index (χ0) is 10.7. The quantitative estimate of drug-likeness (QED) is 0.744. The number of rotatable bonds is 2. The molecule has 0 fully saturated rings. The number of nitrogens with zero attached hydrogens (tertiary/aromatic N) is 1. The van der Waals surface area contributed by atoms with Crippen LogP contribution in [-0.4, -0.2) is 12.0 Å². The third-order valence-electron chi connectivity index (χ3n) is 2.42. The summed E-state index contributed by atoms with van der Waals surface area (Å²) in [6, 6.07) is 10.0. The van der Waals surface area contributed by atoms with Crippen molar-refractivity contribution in [1.29, 1.82) is 0 Å². The standard InChI is InChI=1S/C13H12N2/c1-3-12(14-2)11-6-7-13-10(9-11)5-4-8-15-13/h1,4-9,12,14H,2H3. The molecule has 0 radical (unpaired) electrons. The third-order valence-corrected chi connectivity index (χ3v) is 2.42. The highest BCUT2D eigenvalue weighted by Crippen LogP contribution is 2.18. The summed E-state index contributed by atoms with van der Waals surface area (Å²) >= 11 is 0. The van der Waals surface area contributed by atoms with Gasteiger partial charge in [-0.1, -0.05) is 18.1 Å². The van der Waals surface area contributed by atoms with Gasteiger partial charge in [-0.05, 0) is 30.8 Å². The van der Waals surface area contributed by atoms with E-state index >= 15 is 0 Å². The van der Waals surface area contributed by atoms with E-state index < -0.39 is 0 Å². The molecule has 0 aliphatic carbocycles. The molecule has 1 aromatic heterocycles. The number of aromatic nitrogens is 1. The van der Waals surface area contributed by atoms with Crippen molar-refractivity contribution in [2.75, 3.05) is 7.05 Å². The third kappa shape index (κ3) is 1.83. The Labute approximate surface area is 89.3 Å². The Kier molecular flexibility index (Phi) is 2.66. The lowest BCUT2D eigenvalue weighted by Gasteiger charge is -2.10. The topological polar surface area (TPSA) is 24.9 Å². The van der Waals surface area contributed by atoms with Crippen molar-refractivity contribution in [2.45, 2.75) is 6.04 Å². The average Bonchev–Trinajstić information content (AvgIpc) is 2.30. The lowest BCUT2D eigenvalue weighted by atomic mass is 10.1. The molecule has 2 rings (SSSR count). The fourth-order valence-electron chi connectivity index (χ4n) is 1.62. The van der Waals surface area contributed by atoms with Crippen LogP contribution in [0.15, 0.2) is 36.5 Å². The van der Waals surface area contributed by atoms with Crippen molar-refractivity contribution in [3.8, 4) is 12.3 Å². The normalized spacial score (nSPS) is 12.3. The maximum Gasteiger partial charge on any atom is 0.0941 e. The van der Waals surface area contributed by atoms with Gasteiger partial charge in [-0.15, -0.1) is 6.42 Å². The van der Waals surface area contributed by atoms with E-state index in [4.69, 9.17) is 6.42 Å². The first-order valence-electron chi connectivity index (χ1n) is 4.83. The molecule has 1 heterocycles. The first-order chi connectivity index (χ1) is 7.35. The molecule has 0 aliphatic heterocycles.